The second-order valence-electron chi connectivity index (χ2n) is 6.70. The Labute approximate surface area is 165 Å². The topological polar surface area (TPSA) is 66.0 Å². The van der Waals surface area contributed by atoms with Crippen molar-refractivity contribution >= 4 is 5.91 Å². The molecule has 1 saturated heterocycles. The molecule has 1 amide bonds. The quantitative estimate of drug-likeness (QED) is 0.718. The maximum atomic E-state index is 12.3. The number of hydrogen-bond acceptors (Lipinski definition) is 5. The summed E-state index contributed by atoms with van der Waals surface area (Å²) < 4.78 is 22.2. The van der Waals surface area contributed by atoms with Gasteiger partial charge in [0.15, 0.2) is 11.5 Å². The van der Waals surface area contributed by atoms with Crippen LogP contribution in [0.5, 0.6) is 17.2 Å². The maximum Gasteiger partial charge on any atom is 0.224 e. The Hall–Kier alpha value is -2.73. The molecule has 0 aliphatic carbocycles. The van der Waals surface area contributed by atoms with Crippen molar-refractivity contribution in [3.05, 3.63) is 53.6 Å². The molecule has 6 heteroatoms. The molecule has 150 valence electrons. The standard InChI is InChI=1S/C22H27NO5/c1-25-19-8-4-3-6-17(19)13-22(24)23-14-16-9-10-20(21(12-16)26-2)28-15-18-7-5-11-27-18/h3-4,6,8-10,12,18H,5,7,11,13-15H2,1-2H3,(H,23,24)/t18-/m0/s1. The second kappa shape index (κ2) is 9.99. The summed E-state index contributed by atoms with van der Waals surface area (Å²) in [7, 11) is 3.21. The molecule has 2 aromatic carbocycles. The summed E-state index contributed by atoms with van der Waals surface area (Å²) in [5, 5.41) is 2.94. The van der Waals surface area contributed by atoms with Gasteiger partial charge < -0.3 is 24.3 Å². The van der Waals surface area contributed by atoms with E-state index in [1.807, 2.05) is 42.5 Å². The SMILES string of the molecule is COc1ccccc1CC(=O)NCc1ccc(OC[C@@H]2CCCO2)c(OC)c1. The van der Waals surface area contributed by atoms with Crippen molar-refractivity contribution in [1.29, 1.82) is 0 Å². The van der Waals surface area contributed by atoms with Gasteiger partial charge in [-0.05, 0) is 36.6 Å². The van der Waals surface area contributed by atoms with Crippen LogP contribution in [0.25, 0.3) is 0 Å². The van der Waals surface area contributed by atoms with Gasteiger partial charge in [0, 0.05) is 18.7 Å². The number of benzene rings is 2. The van der Waals surface area contributed by atoms with Gasteiger partial charge in [-0.1, -0.05) is 24.3 Å². The van der Waals surface area contributed by atoms with E-state index >= 15 is 0 Å². The first-order valence-corrected chi connectivity index (χ1v) is 9.49. The van der Waals surface area contributed by atoms with Gasteiger partial charge in [0.2, 0.25) is 5.91 Å². The maximum absolute atomic E-state index is 12.3. The van der Waals surface area contributed by atoms with Crippen LogP contribution >= 0.6 is 0 Å². The van der Waals surface area contributed by atoms with Crippen LogP contribution in [0.2, 0.25) is 0 Å². The van der Waals surface area contributed by atoms with Crippen molar-refractivity contribution in [2.45, 2.75) is 31.9 Å². The van der Waals surface area contributed by atoms with Crippen LogP contribution in [0.4, 0.5) is 0 Å². The monoisotopic (exact) mass is 385 g/mol. The Balaban J connectivity index is 1.54. The molecule has 1 fully saturated rings. The summed E-state index contributed by atoms with van der Waals surface area (Å²) in [6.07, 6.45) is 2.53. The zero-order chi connectivity index (χ0) is 19.8. The summed E-state index contributed by atoms with van der Waals surface area (Å²) in [5.41, 5.74) is 1.80. The van der Waals surface area contributed by atoms with E-state index in [0.717, 1.165) is 30.6 Å². The number of para-hydroxylation sites is 1. The Morgan fingerprint density at radius 2 is 1.93 bits per heavy atom. The molecule has 1 aliphatic heterocycles. The average molecular weight is 385 g/mol. The van der Waals surface area contributed by atoms with E-state index in [1.165, 1.54) is 0 Å². The number of nitrogens with one attached hydrogen (secondary N) is 1. The van der Waals surface area contributed by atoms with Gasteiger partial charge in [0.25, 0.3) is 0 Å². The Morgan fingerprint density at radius 1 is 1.11 bits per heavy atom. The lowest BCUT2D eigenvalue weighted by Crippen LogP contribution is -2.24. The first-order valence-electron chi connectivity index (χ1n) is 9.49. The van der Waals surface area contributed by atoms with Gasteiger partial charge in [0.05, 0.1) is 26.7 Å². The highest BCUT2D eigenvalue weighted by Gasteiger charge is 2.17. The molecule has 0 spiro atoms. The lowest BCUT2D eigenvalue weighted by molar-refractivity contribution is -0.120. The summed E-state index contributed by atoms with van der Waals surface area (Å²) in [4.78, 5) is 12.3. The molecular weight excluding hydrogens is 358 g/mol. The molecule has 6 nitrogen and oxygen atoms in total. The van der Waals surface area contributed by atoms with Crippen LogP contribution in [-0.2, 0) is 22.5 Å². The minimum atomic E-state index is -0.0674. The highest BCUT2D eigenvalue weighted by molar-refractivity contribution is 5.79. The lowest BCUT2D eigenvalue weighted by Gasteiger charge is -2.15. The fourth-order valence-electron chi connectivity index (χ4n) is 3.18. The molecule has 3 rings (SSSR count). The van der Waals surface area contributed by atoms with Gasteiger partial charge in [-0.25, -0.2) is 0 Å². The Kier molecular flexibility index (Phi) is 7.14. The fourth-order valence-corrected chi connectivity index (χ4v) is 3.18. The van der Waals surface area contributed by atoms with E-state index in [2.05, 4.69) is 5.32 Å². The van der Waals surface area contributed by atoms with E-state index in [9.17, 15) is 4.79 Å². The van der Waals surface area contributed by atoms with Crippen LogP contribution < -0.4 is 19.5 Å². The largest absolute Gasteiger partial charge is 0.496 e. The van der Waals surface area contributed by atoms with E-state index in [4.69, 9.17) is 18.9 Å². The predicted octanol–water partition coefficient (Wildman–Crippen LogP) is 3.12. The smallest absolute Gasteiger partial charge is 0.224 e. The second-order valence-corrected chi connectivity index (χ2v) is 6.70. The van der Waals surface area contributed by atoms with Gasteiger partial charge in [-0.15, -0.1) is 0 Å². The summed E-state index contributed by atoms with van der Waals surface area (Å²) in [6, 6.07) is 13.2. The normalized spacial score (nSPS) is 15.9. The Bertz CT molecular complexity index is 786. The molecular formula is C22H27NO5. The number of carbonyl (C=O) groups is 1. The van der Waals surface area contributed by atoms with E-state index < -0.39 is 0 Å². The van der Waals surface area contributed by atoms with Gasteiger partial charge >= 0.3 is 0 Å². The fraction of sp³-hybridized carbons (Fsp3) is 0.409. The zero-order valence-corrected chi connectivity index (χ0v) is 16.4. The third-order valence-corrected chi connectivity index (χ3v) is 4.71. The minimum absolute atomic E-state index is 0.0674. The Morgan fingerprint density at radius 3 is 2.68 bits per heavy atom. The minimum Gasteiger partial charge on any atom is -0.496 e. The average Bonchev–Trinajstić information content (AvgIpc) is 3.25. The molecule has 0 saturated carbocycles. The van der Waals surface area contributed by atoms with Crippen molar-refractivity contribution in [1.82, 2.24) is 5.32 Å². The molecule has 0 aromatic heterocycles. The van der Waals surface area contributed by atoms with Crippen molar-refractivity contribution in [3.8, 4) is 17.2 Å². The van der Waals surface area contributed by atoms with Crippen LogP contribution in [0.15, 0.2) is 42.5 Å². The molecule has 28 heavy (non-hydrogen) atoms. The molecule has 2 aromatic rings. The van der Waals surface area contributed by atoms with Crippen LogP contribution in [-0.4, -0.2) is 39.4 Å². The summed E-state index contributed by atoms with van der Waals surface area (Å²) >= 11 is 0. The number of carbonyl (C=O) groups excluding carboxylic acids is 1. The molecule has 1 N–H and O–H groups in total. The summed E-state index contributed by atoms with van der Waals surface area (Å²) in [6.45, 7) is 1.74. The first-order chi connectivity index (χ1) is 13.7. The van der Waals surface area contributed by atoms with Crippen molar-refractivity contribution in [2.75, 3.05) is 27.4 Å². The molecule has 0 unspecified atom stereocenters. The number of amides is 1. The number of ether oxygens (including phenoxy) is 4. The predicted molar refractivity (Wildman–Crippen MR) is 106 cm³/mol. The number of hydrogen-bond donors (Lipinski definition) is 1. The van der Waals surface area contributed by atoms with Crippen LogP contribution in [0.1, 0.15) is 24.0 Å². The highest BCUT2D eigenvalue weighted by atomic mass is 16.5. The van der Waals surface area contributed by atoms with Crippen LogP contribution in [0, 0.1) is 0 Å². The molecule has 0 radical (unpaired) electrons. The molecule has 0 bridgehead atoms. The lowest BCUT2D eigenvalue weighted by atomic mass is 10.1. The number of methoxy groups -OCH3 is 2. The number of rotatable bonds is 9. The third-order valence-electron chi connectivity index (χ3n) is 4.71. The first kappa shape index (κ1) is 20.0. The van der Waals surface area contributed by atoms with Gasteiger partial charge in [0.1, 0.15) is 12.4 Å². The van der Waals surface area contributed by atoms with E-state index in [0.29, 0.717) is 30.4 Å². The van der Waals surface area contributed by atoms with Crippen LogP contribution in [0.3, 0.4) is 0 Å². The molecule has 1 atom stereocenters. The molecule has 1 aliphatic rings. The molecule has 1 heterocycles. The van der Waals surface area contributed by atoms with Gasteiger partial charge in [-0.2, -0.15) is 0 Å². The van der Waals surface area contributed by atoms with E-state index in [1.54, 1.807) is 14.2 Å². The highest BCUT2D eigenvalue weighted by Crippen LogP contribution is 2.29. The summed E-state index contributed by atoms with van der Waals surface area (Å²) in [5.74, 6) is 1.98. The van der Waals surface area contributed by atoms with Crippen molar-refractivity contribution in [2.24, 2.45) is 0 Å². The third kappa shape index (κ3) is 5.39. The van der Waals surface area contributed by atoms with E-state index in [-0.39, 0.29) is 18.4 Å². The van der Waals surface area contributed by atoms with Crippen molar-refractivity contribution < 1.29 is 23.7 Å². The van der Waals surface area contributed by atoms with Crippen molar-refractivity contribution in [3.63, 3.8) is 0 Å². The van der Waals surface area contributed by atoms with Gasteiger partial charge in [-0.3, -0.25) is 4.79 Å². The zero-order valence-electron chi connectivity index (χ0n) is 16.4.